The second-order valence-electron chi connectivity index (χ2n) is 9.99. The average molecular weight is 489 g/mol. The van der Waals surface area contributed by atoms with Crippen LogP contribution in [-0.2, 0) is 30.6 Å². The predicted molar refractivity (Wildman–Crippen MR) is 125 cm³/mol. The molecule has 1 saturated heterocycles. The molecular weight excluding hydrogens is 460 g/mol. The van der Waals surface area contributed by atoms with Gasteiger partial charge in [-0.2, -0.15) is 0 Å². The Labute approximate surface area is 197 Å². The van der Waals surface area contributed by atoms with Gasteiger partial charge in [-0.1, -0.05) is 39.0 Å². The zero-order chi connectivity index (χ0) is 23.5. The number of fused-ring (bicyclic) bond motifs is 4. The molecule has 1 amide bonds. The third kappa shape index (κ3) is 3.79. The van der Waals surface area contributed by atoms with Crippen molar-refractivity contribution in [2.45, 2.75) is 57.0 Å². The van der Waals surface area contributed by atoms with Gasteiger partial charge in [-0.05, 0) is 36.8 Å². The van der Waals surface area contributed by atoms with Gasteiger partial charge in [0.05, 0.1) is 16.5 Å². The molecule has 2 aromatic rings. The molecule has 1 saturated carbocycles. The summed E-state index contributed by atoms with van der Waals surface area (Å²) in [6, 6.07) is 7.97. The molecule has 1 N–H and O–H groups in total. The van der Waals surface area contributed by atoms with Crippen LogP contribution in [-0.4, -0.2) is 37.1 Å². The van der Waals surface area contributed by atoms with Crippen LogP contribution in [0.15, 0.2) is 35.2 Å². The maximum atomic E-state index is 12.6. The van der Waals surface area contributed by atoms with Crippen LogP contribution < -0.4 is 5.32 Å². The van der Waals surface area contributed by atoms with E-state index in [1.165, 1.54) is 23.5 Å². The van der Waals surface area contributed by atoms with Crippen LogP contribution in [0.5, 0.6) is 0 Å². The van der Waals surface area contributed by atoms with Gasteiger partial charge in [-0.3, -0.25) is 9.59 Å². The number of rotatable bonds is 4. The van der Waals surface area contributed by atoms with Crippen molar-refractivity contribution in [3.05, 3.63) is 40.9 Å². The lowest BCUT2D eigenvalue weighted by Gasteiger charge is -2.51. The largest absolute Gasteiger partial charge is 0.461 e. The zero-order valence-electron chi connectivity index (χ0n) is 18.9. The van der Waals surface area contributed by atoms with Crippen molar-refractivity contribution in [3.63, 3.8) is 0 Å². The third-order valence-corrected chi connectivity index (χ3v) is 10.4. The van der Waals surface area contributed by atoms with Crippen molar-refractivity contribution >= 4 is 38.2 Å². The molecule has 5 rings (SSSR count). The Morgan fingerprint density at radius 3 is 2.70 bits per heavy atom. The Morgan fingerprint density at radius 1 is 1.24 bits per heavy atom. The summed E-state index contributed by atoms with van der Waals surface area (Å²) >= 11 is 1.42. The molecule has 176 valence electrons. The maximum Gasteiger partial charge on any atom is 0.309 e. The molecule has 0 unspecified atom stereocenters. The fraction of sp³-hybridized carbons (Fsp3) is 0.542. The molecule has 3 aliphatic rings. The quantitative estimate of drug-likeness (QED) is 0.657. The van der Waals surface area contributed by atoms with Gasteiger partial charge in [-0.15, -0.1) is 11.3 Å². The molecule has 9 heteroatoms. The summed E-state index contributed by atoms with van der Waals surface area (Å²) in [4.78, 5) is 30.8. The highest BCUT2D eigenvalue weighted by molar-refractivity contribution is 7.92. The summed E-state index contributed by atoms with van der Waals surface area (Å²) in [5.74, 6) is -0.876. The number of hydrogen-bond donors (Lipinski definition) is 1. The number of carbonyl (C=O) groups excluding carboxylic acids is 2. The highest BCUT2D eigenvalue weighted by Crippen LogP contribution is 2.59. The normalized spacial score (nSPS) is 32.9. The number of aromatic nitrogens is 1. The molecule has 7 nitrogen and oxygen atoms in total. The van der Waals surface area contributed by atoms with E-state index in [2.05, 4.69) is 19.2 Å². The van der Waals surface area contributed by atoms with Gasteiger partial charge in [0.2, 0.25) is 5.91 Å². The molecule has 0 radical (unpaired) electrons. The standard InChI is InChI=1S/C24H28N2O5S2/c1-13-16-9-10-24(3)11-17-20(14(2)19(24)21(16)31-22(13)28)26-23(32-17)25-18(27)12-33(29,30)15-7-5-4-6-8-15/h4-8,13-14,16,19,21H,9-12H2,1-3H3,(H,25,26,27)/t13-,14-,16-,19+,21-,24-/m0/s1. The van der Waals surface area contributed by atoms with Crippen LogP contribution >= 0.6 is 11.3 Å². The van der Waals surface area contributed by atoms with Gasteiger partial charge in [0.1, 0.15) is 11.9 Å². The number of esters is 1. The first-order chi connectivity index (χ1) is 15.6. The SMILES string of the molecule is C[C@@H]1C(=O)O[C@H]2[C@H]1CC[C@@]1(C)Cc3sc(NC(=O)CS(=O)(=O)c4ccccc4)nc3[C@@H](C)[C@H]21. The first kappa shape index (κ1) is 22.5. The highest BCUT2D eigenvalue weighted by Gasteiger charge is 2.58. The third-order valence-electron chi connectivity index (χ3n) is 7.83. The summed E-state index contributed by atoms with van der Waals surface area (Å²) in [5, 5.41) is 3.13. The minimum absolute atomic E-state index is 0.00237. The molecule has 33 heavy (non-hydrogen) atoms. The smallest absolute Gasteiger partial charge is 0.309 e. The molecule has 1 aromatic heterocycles. The Balaban J connectivity index is 1.36. The van der Waals surface area contributed by atoms with Gasteiger partial charge in [0, 0.05) is 22.6 Å². The van der Waals surface area contributed by atoms with Crippen molar-refractivity contribution < 1.29 is 22.7 Å². The van der Waals surface area contributed by atoms with Crippen molar-refractivity contribution in [2.24, 2.45) is 23.2 Å². The first-order valence-corrected chi connectivity index (χ1v) is 13.8. The van der Waals surface area contributed by atoms with Crippen LogP contribution in [0.1, 0.15) is 50.1 Å². The molecule has 0 bridgehead atoms. The van der Waals surface area contributed by atoms with Crippen LogP contribution in [0.25, 0.3) is 0 Å². The number of nitrogens with zero attached hydrogens (tertiary/aromatic N) is 1. The topological polar surface area (TPSA) is 102 Å². The Bertz CT molecular complexity index is 1210. The number of carbonyl (C=O) groups is 2. The molecule has 1 aliphatic heterocycles. The van der Waals surface area contributed by atoms with E-state index in [0.717, 1.165) is 29.8 Å². The minimum Gasteiger partial charge on any atom is -0.461 e. The first-order valence-electron chi connectivity index (χ1n) is 11.4. The molecule has 2 aliphatic carbocycles. The predicted octanol–water partition coefficient (Wildman–Crippen LogP) is 3.81. The number of anilines is 1. The second-order valence-corrected chi connectivity index (χ2v) is 13.1. The Morgan fingerprint density at radius 2 is 1.97 bits per heavy atom. The molecule has 0 spiro atoms. The second kappa shape index (κ2) is 7.91. The number of thiazole rings is 1. The van der Waals surface area contributed by atoms with Crippen LogP contribution in [0, 0.1) is 23.2 Å². The lowest BCUT2D eigenvalue weighted by atomic mass is 9.54. The number of hydrogen-bond acceptors (Lipinski definition) is 7. The monoisotopic (exact) mass is 488 g/mol. The number of sulfone groups is 1. The fourth-order valence-corrected chi connectivity index (χ4v) is 8.61. The summed E-state index contributed by atoms with van der Waals surface area (Å²) in [5.41, 5.74) is 0.933. The van der Waals surface area contributed by atoms with Gasteiger partial charge in [0.25, 0.3) is 0 Å². The summed E-state index contributed by atoms with van der Waals surface area (Å²) < 4.78 is 30.9. The number of ether oxygens (including phenoxy) is 1. The molecule has 2 heterocycles. The number of amides is 1. The maximum absolute atomic E-state index is 12.6. The van der Waals surface area contributed by atoms with Crippen molar-refractivity contribution in [3.8, 4) is 0 Å². The molecule has 6 atom stereocenters. The van der Waals surface area contributed by atoms with Gasteiger partial charge in [-0.25, -0.2) is 13.4 Å². The van der Waals surface area contributed by atoms with E-state index < -0.39 is 21.5 Å². The van der Waals surface area contributed by atoms with Crippen molar-refractivity contribution in [1.29, 1.82) is 0 Å². The Hall–Kier alpha value is -2.26. The van der Waals surface area contributed by atoms with Crippen molar-refractivity contribution in [2.75, 3.05) is 11.1 Å². The average Bonchev–Trinajstić information content (AvgIpc) is 3.27. The number of nitrogens with one attached hydrogen (secondary N) is 1. The highest BCUT2D eigenvalue weighted by atomic mass is 32.2. The van der Waals surface area contributed by atoms with Crippen LogP contribution in [0.3, 0.4) is 0 Å². The lowest BCUT2D eigenvalue weighted by molar-refractivity contribution is -0.149. The van der Waals surface area contributed by atoms with Gasteiger partial charge >= 0.3 is 5.97 Å². The van der Waals surface area contributed by atoms with E-state index in [1.54, 1.807) is 18.2 Å². The number of benzene rings is 1. The van der Waals surface area contributed by atoms with E-state index in [0.29, 0.717) is 5.13 Å². The minimum atomic E-state index is -3.72. The fourth-order valence-electron chi connectivity index (χ4n) is 6.17. The van der Waals surface area contributed by atoms with E-state index in [9.17, 15) is 18.0 Å². The summed E-state index contributed by atoms with van der Waals surface area (Å²) in [7, 11) is -3.72. The lowest BCUT2D eigenvalue weighted by Crippen LogP contribution is -2.50. The van der Waals surface area contributed by atoms with Crippen LogP contribution in [0.2, 0.25) is 0 Å². The van der Waals surface area contributed by atoms with E-state index in [4.69, 9.17) is 9.72 Å². The summed E-state index contributed by atoms with van der Waals surface area (Å²) in [6.07, 6.45) is 2.73. The molecular formula is C24H28N2O5S2. The Kier molecular flexibility index (Phi) is 5.40. The van der Waals surface area contributed by atoms with Crippen LogP contribution in [0.4, 0.5) is 5.13 Å². The van der Waals surface area contributed by atoms with E-state index in [1.807, 2.05) is 6.92 Å². The van der Waals surface area contributed by atoms with Gasteiger partial charge in [0.15, 0.2) is 15.0 Å². The molecule has 1 aromatic carbocycles. The molecule has 2 fully saturated rings. The van der Waals surface area contributed by atoms with E-state index >= 15 is 0 Å². The van der Waals surface area contributed by atoms with E-state index in [-0.39, 0.29) is 46.1 Å². The zero-order valence-corrected chi connectivity index (χ0v) is 20.5. The summed E-state index contributed by atoms with van der Waals surface area (Å²) in [6.45, 7) is 6.37. The van der Waals surface area contributed by atoms with Crippen molar-refractivity contribution in [1.82, 2.24) is 4.98 Å². The van der Waals surface area contributed by atoms with Gasteiger partial charge < -0.3 is 10.1 Å².